The second-order valence-electron chi connectivity index (χ2n) is 8.10. The molecule has 0 aromatic rings. The molecular formula is C20H32N4O7. The zero-order valence-electron chi connectivity index (χ0n) is 17.7. The van der Waals surface area contributed by atoms with Gasteiger partial charge in [0.25, 0.3) is 5.91 Å². The van der Waals surface area contributed by atoms with Crippen LogP contribution in [0.15, 0.2) is 0 Å². The van der Waals surface area contributed by atoms with Gasteiger partial charge < -0.3 is 20.4 Å². The van der Waals surface area contributed by atoms with Crippen molar-refractivity contribution in [2.24, 2.45) is 11.8 Å². The van der Waals surface area contributed by atoms with Gasteiger partial charge >= 0.3 is 11.9 Å². The third-order valence-electron chi connectivity index (χ3n) is 5.73. The Balaban J connectivity index is 1.94. The van der Waals surface area contributed by atoms with E-state index in [1.54, 1.807) is 4.90 Å². The van der Waals surface area contributed by atoms with Crippen molar-refractivity contribution in [3.8, 4) is 0 Å². The van der Waals surface area contributed by atoms with Crippen molar-refractivity contribution in [3.63, 3.8) is 0 Å². The molecule has 2 aliphatic rings. The highest BCUT2D eigenvalue weighted by molar-refractivity contribution is 6.02. The second kappa shape index (κ2) is 12.4. The van der Waals surface area contributed by atoms with Gasteiger partial charge in [0, 0.05) is 26.1 Å². The number of hydrogen-bond acceptors (Lipinski definition) is 7. The van der Waals surface area contributed by atoms with Crippen molar-refractivity contribution >= 4 is 29.7 Å². The highest BCUT2D eigenvalue weighted by atomic mass is 16.4. The summed E-state index contributed by atoms with van der Waals surface area (Å²) in [5, 5.41) is 21.6. The fourth-order valence-electron chi connectivity index (χ4n) is 4.02. The zero-order valence-corrected chi connectivity index (χ0v) is 17.7. The van der Waals surface area contributed by atoms with Crippen LogP contribution < -0.4 is 10.7 Å². The van der Waals surface area contributed by atoms with Crippen molar-refractivity contribution in [2.75, 3.05) is 32.7 Å². The molecule has 2 rings (SSSR count). The summed E-state index contributed by atoms with van der Waals surface area (Å²) in [5.41, 5.74) is 2.45. The van der Waals surface area contributed by atoms with E-state index in [9.17, 15) is 24.0 Å². The smallest absolute Gasteiger partial charge is 0.312 e. The molecule has 31 heavy (non-hydrogen) atoms. The molecule has 0 saturated carbocycles. The van der Waals surface area contributed by atoms with E-state index in [4.69, 9.17) is 10.2 Å². The minimum atomic E-state index is -1.39. The van der Waals surface area contributed by atoms with E-state index in [0.717, 1.165) is 32.4 Å². The minimum Gasteiger partial charge on any atom is -0.481 e. The number of piperidine rings is 2. The Labute approximate surface area is 181 Å². The lowest BCUT2D eigenvalue weighted by molar-refractivity contribution is -0.156. The van der Waals surface area contributed by atoms with E-state index in [0.29, 0.717) is 36.7 Å². The summed E-state index contributed by atoms with van der Waals surface area (Å²) in [5.74, 6) is -4.24. The van der Waals surface area contributed by atoms with E-state index >= 15 is 0 Å². The van der Waals surface area contributed by atoms with Crippen molar-refractivity contribution in [1.82, 2.24) is 20.7 Å². The van der Waals surface area contributed by atoms with Crippen molar-refractivity contribution < 1.29 is 34.2 Å². The van der Waals surface area contributed by atoms with E-state index < -0.39 is 36.1 Å². The van der Waals surface area contributed by atoms with E-state index in [-0.39, 0.29) is 25.4 Å². The Kier molecular flexibility index (Phi) is 9.86. The van der Waals surface area contributed by atoms with Gasteiger partial charge in [-0.15, -0.1) is 0 Å². The molecule has 2 fully saturated rings. The Morgan fingerprint density at radius 1 is 1.00 bits per heavy atom. The molecule has 2 saturated heterocycles. The van der Waals surface area contributed by atoms with Crippen molar-refractivity contribution in [3.05, 3.63) is 0 Å². The van der Waals surface area contributed by atoms with Crippen LogP contribution in [0.5, 0.6) is 0 Å². The number of amides is 3. The largest absolute Gasteiger partial charge is 0.481 e. The number of nitrogens with one attached hydrogen (secondary N) is 2. The van der Waals surface area contributed by atoms with Crippen molar-refractivity contribution in [1.29, 1.82) is 0 Å². The highest BCUT2D eigenvalue weighted by Crippen LogP contribution is 2.22. The first kappa shape index (κ1) is 24.7. The molecule has 11 nitrogen and oxygen atoms in total. The number of carbonyl (C=O) groups excluding carboxylic acids is 3. The van der Waals surface area contributed by atoms with Crippen LogP contribution in [-0.2, 0) is 24.0 Å². The highest BCUT2D eigenvalue weighted by Gasteiger charge is 2.34. The fraction of sp³-hybridized carbons (Fsp3) is 0.750. The Morgan fingerprint density at radius 3 is 2.35 bits per heavy atom. The third-order valence-corrected chi connectivity index (χ3v) is 5.73. The van der Waals surface area contributed by atoms with Crippen LogP contribution in [0, 0.1) is 11.8 Å². The second-order valence-corrected chi connectivity index (χ2v) is 8.10. The monoisotopic (exact) mass is 440 g/mol. The molecule has 0 aliphatic carbocycles. The molecule has 3 amide bonds. The summed E-state index contributed by atoms with van der Waals surface area (Å²) in [6.45, 7) is 2.45. The number of carboxylic acid groups (broad SMARTS) is 2. The molecule has 0 spiro atoms. The van der Waals surface area contributed by atoms with Gasteiger partial charge in [0.15, 0.2) is 0 Å². The maximum atomic E-state index is 12.9. The first-order valence-corrected chi connectivity index (χ1v) is 10.8. The van der Waals surface area contributed by atoms with Gasteiger partial charge in [0.05, 0.1) is 12.3 Å². The van der Waals surface area contributed by atoms with Gasteiger partial charge in [-0.3, -0.25) is 24.0 Å². The van der Waals surface area contributed by atoms with Crippen LogP contribution in [0.25, 0.3) is 0 Å². The lowest BCUT2D eigenvalue weighted by atomic mass is 9.92. The molecule has 0 radical (unpaired) electrons. The number of carboxylic acids is 2. The number of aliphatic carboxylic acids is 2. The number of hydrogen-bond donors (Lipinski definition) is 4. The predicted octanol–water partition coefficient (Wildman–Crippen LogP) is -0.186. The maximum absolute atomic E-state index is 12.9. The molecule has 1 atom stereocenters. The standard InChI is InChI=1S/C20H32N4O7/c25-16(4-3-14-5-8-21-9-6-14)23-11-1-2-15(13-23)20(31)24(17(26)12-19(29)30)22-10-7-18(27)28/h14-15,21-22H,1-13H2,(H,27,28)(H,29,30)/t15-/m1/s1. The van der Waals surface area contributed by atoms with Crippen LogP contribution in [0.4, 0.5) is 0 Å². The van der Waals surface area contributed by atoms with Crippen LogP contribution in [-0.4, -0.2) is 82.5 Å². The summed E-state index contributed by atoms with van der Waals surface area (Å²) in [4.78, 5) is 61.1. The molecule has 2 heterocycles. The SMILES string of the molecule is O=C(O)CCNN(C(=O)CC(=O)O)C(=O)[C@@H]1CCCN(C(=O)CCC2CCNCC2)C1. The molecular weight excluding hydrogens is 408 g/mol. The van der Waals surface area contributed by atoms with Crippen LogP contribution in [0.2, 0.25) is 0 Å². The van der Waals surface area contributed by atoms with Gasteiger partial charge in [-0.25, -0.2) is 10.4 Å². The molecule has 2 aliphatic heterocycles. The van der Waals surface area contributed by atoms with E-state index in [1.807, 2.05) is 0 Å². The summed E-state index contributed by atoms with van der Waals surface area (Å²) < 4.78 is 0. The normalized spacial score (nSPS) is 19.6. The van der Waals surface area contributed by atoms with Crippen LogP contribution in [0.3, 0.4) is 0 Å². The summed E-state index contributed by atoms with van der Waals surface area (Å²) >= 11 is 0. The van der Waals surface area contributed by atoms with Gasteiger partial charge in [0.1, 0.15) is 6.42 Å². The molecule has 0 aromatic heterocycles. The van der Waals surface area contributed by atoms with Crippen LogP contribution in [0.1, 0.15) is 51.4 Å². The van der Waals surface area contributed by atoms with E-state index in [2.05, 4.69) is 10.7 Å². The number of likely N-dealkylation sites (tertiary alicyclic amines) is 1. The first-order valence-electron chi connectivity index (χ1n) is 10.8. The number of nitrogens with zero attached hydrogens (tertiary/aromatic N) is 2. The molecule has 11 heteroatoms. The Bertz CT molecular complexity index is 678. The Morgan fingerprint density at radius 2 is 1.71 bits per heavy atom. The van der Waals surface area contributed by atoms with Crippen molar-refractivity contribution in [2.45, 2.75) is 51.4 Å². The number of imide groups is 1. The summed E-state index contributed by atoms with van der Waals surface area (Å²) in [6, 6.07) is 0. The average Bonchev–Trinajstić information content (AvgIpc) is 2.74. The van der Waals surface area contributed by atoms with Gasteiger partial charge in [-0.1, -0.05) is 0 Å². The van der Waals surface area contributed by atoms with Gasteiger partial charge in [-0.05, 0) is 51.1 Å². The summed E-state index contributed by atoms with van der Waals surface area (Å²) in [7, 11) is 0. The number of carbonyl (C=O) groups is 5. The summed E-state index contributed by atoms with van der Waals surface area (Å²) in [6.07, 6.45) is 3.18. The van der Waals surface area contributed by atoms with E-state index in [1.165, 1.54) is 0 Å². The Hall–Kier alpha value is -2.53. The first-order chi connectivity index (χ1) is 14.8. The minimum absolute atomic E-state index is 0.0155. The molecule has 0 bridgehead atoms. The molecule has 0 unspecified atom stereocenters. The average molecular weight is 440 g/mol. The zero-order chi connectivity index (χ0) is 22.8. The predicted molar refractivity (Wildman–Crippen MR) is 108 cm³/mol. The maximum Gasteiger partial charge on any atom is 0.312 e. The fourth-order valence-corrected chi connectivity index (χ4v) is 4.02. The third kappa shape index (κ3) is 8.25. The molecule has 4 N–H and O–H groups in total. The van der Waals surface area contributed by atoms with Gasteiger partial charge in [0.2, 0.25) is 11.8 Å². The molecule has 0 aromatic carbocycles. The number of rotatable bonds is 10. The molecule has 174 valence electrons. The van der Waals surface area contributed by atoms with Crippen LogP contribution >= 0.6 is 0 Å². The number of hydrazine groups is 1. The topological polar surface area (TPSA) is 156 Å². The lowest BCUT2D eigenvalue weighted by Crippen LogP contribution is -2.54. The lowest BCUT2D eigenvalue weighted by Gasteiger charge is -2.34. The van der Waals surface area contributed by atoms with Gasteiger partial charge in [-0.2, -0.15) is 0 Å². The quantitative estimate of drug-likeness (QED) is 0.267.